The lowest BCUT2D eigenvalue weighted by atomic mass is 10.2. The maximum absolute atomic E-state index is 12.4. The predicted octanol–water partition coefficient (Wildman–Crippen LogP) is 4.85. The summed E-state index contributed by atoms with van der Waals surface area (Å²) in [6.07, 6.45) is 3.26. The van der Waals surface area contributed by atoms with Crippen LogP contribution in [0.25, 0.3) is 5.69 Å². The number of carbonyl (C=O) groups is 2. The van der Waals surface area contributed by atoms with E-state index >= 15 is 0 Å². The van der Waals surface area contributed by atoms with Gasteiger partial charge in [-0.3, -0.25) is 4.79 Å². The third-order valence-corrected chi connectivity index (χ3v) is 5.00. The van der Waals surface area contributed by atoms with Crippen LogP contribution in [0.1, 0.15) is 47.9 Å². The van der Waals surface area contributed by atoms with Gasteiger partial charge in [0.05, 0.1) is 34.9 Å². The first kappa shape index (κ1) is 23.1. The Morgan fingerprint density at radius 2 is 1.72 bits per heavy atom. The van der Waals surface area contributed by atoms with E-state index in [1.165, 1.54) is 0 Å². The molecule has 1 heterocycles. The molecule has 0 radical (unpaired) electrons. The molecule has 1 aromatic heterocycles. The molecule has 1 N–H and O–H groups in total. The first-order valence-electron chi connectivity index (χ1n) is 10.8. The maximum atomic E-state index is 12.4. The Balaban J connectivity index is 1.53. The minimum atomic E-state index is -0.564. The Labute approximate surface area is 188 Å². The van der Waals surface area contributed by atoms with Crippen molar-refractivity contribution in [1.82, 2.24) is 9.78 Å². The molecule has 2 aromatic carbocycles. The average molecular weight is 436 g/mol. The van der Waals surface area contributed by atoms with Crippen LogP contribution in [0.4, 0.5) is 5.69 Å². The molecule has 0 saturated carbocycles. The number of esters is 1. The average Bonchev–Trinajstić information content (AvgIpc) is 3.09. The van der Waals surface area contributed by atoms with Crippen molar-refractivity contribution in [3.63, 3.8) is 0 Å². The summed E-state index contributed by atoms with van der Waals surface area (Å²) in [6.45, 7) is 6.10. The van der Waals surface area contributed by atoms with E-state index in [0.29, 0.717) is 29.3 Å². The molecule has 3 rings (SSSR count). The van der Waals surface area contributed by atoms with Crippen LogP contribution in [0.15, 0.2) is 54.6 Å². The molecule has 0 atom stereocenters. The number of aryl methyl sites for hydroxylation is 1. The van der Waals surface area contributed by atoms with E-state index in [2.05, 4.69) is 17.3 Å². The Bertz CT molecular complexity index is 1040. The lowest BCUT2D eigenvalue weighted by molar-refractivity contribution is -0.119. The van der Waals surface area contributed by atoms with Gasteiger partial charge >= 0.3 is 5.97 Å². The molecular formula is C25H29N3O4. The summed E-state index contributed by atoms with van der Waals surface area (Å²) in [6, 6.07) is 16.4. The van der Waals surface area contributed by atoms with Crippen LogP contribution in [-0.4, -0.2) is 34.9 Å². The summed E-state index contributed by atoms with van der Waals surface area (Å²) in [7, 11) is 0. The molecule has 0 fully saturated rings. The van der Waals surface area contributed by atoms with Gasteiger partial charge in [-0.2, -0.15) is 5.10 Å². The number of benzene rings is 2. The van der Waals surface area contributed by atoms with Crippen molar-refractivity contribution < 1.29 is 19.1 Å². The normalized spacial score (nSPS) is 10.6. The summed E-state index contributed by atoms with van der Waals surface area (Å²) in [5, 5.41) is 7.30. The fraction of sp³-hybridized carbons (Fsp3) is 0.320. The summed E-state index contributed by atoms with van der Waals surface area (Å²) < 4.78 is 12.6. The molecule has 1 amide bonds. The minimum absolute atomic E-state index is 0.364. The number of aromatic nitrogens is 2. The molecule has 0 aliphatic heterocycles. The summed E-state index contributed by atoms with van der Waals surface area (Å²) >= 11 is 0. The molecule has 7 heteroatoms. The molecule has 7 nitrogen and oxygen atoms in total. The summed E-state index contributed by atoms with van der Waals surface area (Å²) in [5.41, 5.74) is 3.35. The number of unbranched alkanes of at least 4 members (excludes halogenated alkanes) is 2. The third kappa shape index (κ3) is 5.97. The zero-order valence-electron chi connectivity index (χ0n) is 18.8. The molecule has 0 saturated heterocycles. The molecule has 32 heavy (non-hydrogen) atoms. The Hall–Kier alpha value is -3.61. The van der Waals surface area contributed by atoms with Crippen LogP contribution < -0.4 is 10.1 Å². The molecule has 0 spiro atoms. The highest BCUT2D eigenvalue weighted by Gasteiger charge is 2.17. The van der Waals surface area contributed by atoms with Crippen LogP contribution in [0.2, 0.25) is 0 Å². The fourth-order valence-electron chi connectivity index (χ4n) is 3.26. The van der Waals surface area contributed by atoms with Gasteiger partial charge in [-0.15, -0.1) is 0 Å². The molecular weight excluding hydrogens is 406 g/mol. The summed E-state index contributed by atoms with van der Waals surface area (Å²) in [5.74, 6) is -0.282. The highest BCUT2D eigenvalue weighted by atomic mass is 16.5. The van der Waals surface area contributed by atoms with Gasteiger partial charge in [-0.25, -0.2) is 9.48 Å². The third-order valence-electron chi connectivity index (χ3n) is 5.00. The van der Waals surface area contributed by atoms with Crippen molar-refractivity contribution in [2.45, 2.75) is 40.0 Å². The van der Waals surface area contributed by atoms with E-state index in [1.807, 2.05) is 44.2 Å². The van der Waals surface area contributed by atoms with Gasteiger partial charge in [0.15, 0.2) is 6.61 Å². The first-order chi connectivity index (χ1) is 15.5. The Morgan fingerprint density at radius 3 is 2.41 bits per heavy atom. The van der Waals surface area contributed by atoms with Crippen molar-refractivity contribution >= 4 is 17.6 Å². The largest absolute Gasteiger partial charge is 0.494 e. The lowest BCUT2D eigenvalue weighted by Gasteiger charge is -2.09. The van der Waals surface area contributed by atoms with Gasteiger partial charge in [0, 0.05) is 0 Å². The highest BCUT2D eigenvalue weighted by molar-refractivity contribution is 5.96. The number of para-hydroxylation sites is 1. The second-order valence-electron chi connectivity index (χ2n) is 7.50. The van der Waals surface area contributed by atoms with E-state index in [1.54, 1.807) is 28.9 Å². The molecule has 0 bridgehead atoms. The van der Waals surface area contributed by atoms with Gasteiger partial charge < -0.3 is 14.8 Å². The van der Waals surface area contributed by atoms with Gasteiger partial charge in [0.1, 0.15) is 5.75 Å². The second-order valence-corrected chi connectivity index (χ2v) is 7.50. The quantitative estimate of drug-likeness (QED) is 0.363. The maximum Gasteiger partial charge on any atom is 0.338 e. The lowest BCUT2D eigenvalue weighted by Crippen LogP contribution is -2.21. The zero-order chi connectivity index (χ0) is 22.9. The number of ether oxygens (including phenoxy) is 2. The minimum Gasteiger partial charge on any atom is -0.494 e. The SMILES string of the molecule is CCCCCOc1ccc(C(=O)OCC(=O)Nc2c(C)nn(-c3ccccc3)c2C)cc1. The number of amides is 1. The molecule has 3 aromatic rings. The highest BCUT2D eigenvalue weighted by Crippen LogP contribution is 2.22. The smallest absolute Gasteiger partial charge is 0.338 e. The molecule has 0 unspecified atom stereocenters. The molecule has 168 valence electrons. The van der Waals surface area contributed by atoms with E-state index in [4.69, 9.17) is 9.47 Å². The zero-order valence-corrected chi connectivity index (χ0v) is 18.8. The summed E-state index contributed by atoms with van der Waals surface area (Å²) in [4.78, 5) is 24.7. The number of carbonyl (C=O) groups excluding carboxylic acids is 2. The number of hydrogen-bond donors (Lipinski definition) is 1. The van der Waals surface area contributed by atoms with E-state index in [9.17, 15) is 9.59 Å². The number of anilines is 1. The Morgan fingerprint density at radius 1 is 1.00 bits per heavy atom. The Kier molecular flexibility index (Phi) is 8.02. The standard InChI is InChI=1S/C25H29N3O4/c1-4-5-9-16-31-22-14-12-20(13-15-22)25(30)32-17-23(29)26-24-18(2)27-28(19(24)3)21-10-7-6-8-11-21/h6-8,10-15H,4-5,9,16-17H2,1-3H3,(H,26,29). The van der Waals surface area contributed by atoms with Crippen LogP contribution >= 0.6 is 0 Å². The van der Waals surface area contributed by atoms with Gasteiger partial charge in [0.25, 0.3) is 5.91 Å². The number of hydrogen-bond acceptors (Lipinski definition) is 5. The van der Waals surface area contributed by atoms with E-state index in [0.717, 1.165) is 30.6 Å². The van der Waals surface area contributed by atoms with Crippen molar-refractivity contribution in [3.05, 3.63) is 71.5 Å². The second kappa shape index (κ2) is 11.1. The van der Waals surface area contributed by atoms with Crippen LogP contribution in [-0.2, 0) is 9.53 Å². The van der Waals surface area contributed by atoms with Gasteiger partial charge in [-0.05, 0) is 56.7 Å². The topological polar surface area (TPSA) is 82.4 Å². The van der Waals surface area contributed by atoms with Crippen LogP contribution in [0, 0.1) is 13.8 Å². The molecule has 0 aliphatic rings. The van der Waals surface area contributed by atoms with E-state index in [-0.39, 0.29) is 6.61 Å². The predicted molar refractivity (Wildman–Crippen MR) is 123 cm³/mol. The van der Waals surface area contributed by atoms with E-state index < -0.39 is 11.9 Å². The van der Waals surface area contributed by atoms with Crippen molar-refractivity contribution in [1.29, 1.82) is 0 Å². The number of rotatable bonds is 10. The molecule has 0 aliphatic carbocycles. The van der Waals surface area contributed by atoms with Crippen molar-refractivity contribution in [2.75, 3.05) is 18.5 Å². The van der Waals surface area contributed by atoms with Crippen molar-refractivity contribution in [3.8, 4) is 11.4 Å². The van der Waals surface area contributed by atoms with Crippen LogP contribution in [0.3, 0.4) is 0 Å². The van der Waals surface area contributed by atoms with Gasteiger partial charge in [-0.1, -0.05) is 38.0 Å². The van der Waals surface area contributed by atoms with Gasteiger partial charge in [0.2, 0.25) is 0 Å². The number of nitrogens with one attached hydrogen (secondary N) is 1. The fourth-order valence-corrected chi connectivity index (χ4v) is 3.26. The van der Waals surface area contributed by atoms with Crippen LogP contribution in [0.5, 0.6) is 5.75 Å². The first-order valence-corrected chi connectivity index (χ1v) is 10.8. The monoisotopic (exact) mass is 435 g/mol. The van der Waals surface area contributed by atoms with Crippen molar-refractivity contribution in [2.24, 2.45) is 0 Å². The number of nitrogens with zero attached hydrogens (tertiary/aromatic N) is 2.